The minimum absolute atomic E-state index is 0.00822. The summed E-state index contributed by atoms with van der Waals surface area (Å²) in [6, 6.07) is 9.11. The van der Waals surface area contributed by atoms with Gasteiger partial charge in [-0.1, -0.05) is 44.2 Å². The quantitative estimate of drug-likeness (QED) is 0.864. The van der Waals surface area contributed by atoms with Crippen LogP contribution in [0.5, 0.6) is 0 Å². The van der Waals surface area contributed by atoms with Gasteiger partial charge < -0.3 is 5.11 Å². The molecule has 0 amide bonds. The minimum Gasteiger partial charge on any atom is -0.388 e. The van der Waals surface area contributed by atoms with Crippen LogP contribution in [0.4, 0.5) is 13.2 Å². The van der Waals surface area contributed by atoms with Crippen molar-refractivity contribution in [2.45, 2.75) is 45.0 Å². The molecule has 5 heteroatoms. The zero-order valence-corrected chi connectivity index (χ0v) is 12.4. The fourth-order valence-corrected chi connectivity index (χ4v) is 2.68. The van der Waals surface area contributed by atoms with Crippen molar-refractivity contribution in [3.8, 4) is 0 Å². The highest BCUT2D eigenvalue weighted by atomic mass is 19.4. The van der Waals surface area contributed by atoms with E-state index in [2.05, 4.69) is 0 Å². The molecule has 2 rings (SSSR count). The van der Waals surface area contributed by atoms with E-state index >= 15 is 0 Å². The summed E-state index contributed by atoms with van der Waals surface area (Å²) in [4.78, 5) is 1.46. The van der Waals surface area contributed by atoms with E-state index in [4.69, 9.17) is 0 Å². The molecule has 21 heavy (non-hydrogen) atoms. The molecule has 0 saturated heterocycles. The highest BCUT2D eigenvalue weighted by Gasteiger charge is 2.42. The Labute approximate surface area is 123 Å². The molecule has 1 aromatic carbocycles. The smallest absolute Gasteiger partial charge is 0.388 e. The van der Waals surface area contributed by atoms with E-state index in [-0.39, 0.29) is 12.6 Å². The summed E-state index contributed by atoms with van der Waals surface area (Å²) in [5, 5.41) is 10.5. The maximum absolute atomic E-state index is 12.7. The van der Waals surface area contributed by atoms with E-state index in [0.717, 1.165) is 18.4 Å². The van der Waals surface area contributed by atoms with Gasteiger partial charge in [-0.2, -0.15) is 13.2 Å². The molecule has 0 aromatic heterocycles. The summed E-state index contributed by atoms with van der Waals surface area (Å²) >= 11 is 0. The Kier molecular flexibility index (Phi) is 4.63. The lowest BCUT2D eigenvalue weighted by Crippen LogP contribution is -2.43. The molecular formula is C16H22F3NO. The summed E-state index contributed by atoms with van der Waals surface area (Å²) < 4.78 is 38.1. The van der Waals surface area contributed by atoms with E-state index in [1.165, 1.54) is 4.90 Å². The van der Waals surface area contributed by atoms with E-state index in [0.29, 0.717) is 0 Å². The van der Waals surface area contributed by atoms with Crippen molar-refractivity contribution in [2.24, 2.45) is 5.41 Å². The molecule has 0 bridgehead atoms. The summed E-state index contributed by atoms with van der Waals surface area (Å²) in [7, 11) is 0. The molecule has 1 aliphatic carbocycles. The predicted octanol–water partition coefficient (Wildman–Crippen LogP) is 3.77. The number of alkyl halides is 3. The Bertz CT molecular complexity index is 454. The average molecular weight is 301 g/mol. The molecule has 1 atom stereocenters. The number of aliphatic hydroxyl groups is 1. The van der Waals surface area contributed by atoms with Gasteiger partial charge in [0.25, 0.3) is 0 Å². The lowest BCUT2D eigenvalue weighted by molar-refractivity contribution is -0.152. The second-order valence-corrected chi connectivity index (χ2v) is 6.55. The maximum atomic E-state index is 12.7. The van der Waals surface area contributed by atoms with Crippen molar-refractivity contribution in [3.63, 3.8) is 0 Å². The third-order valence-electron chi connectivity index (χ3n) is 3.91. The zero-order chi connectivity index (χ0) is 15.7. The second-order valence-electron chi connectivity index (χ2n) is 6.55. The zero-order valence-electron chi connectivity index (χ0n) is 12.4. The third kappa shape index (κ3) is 4.71. The second kappa shape index (κ2) is 5.97. The van der Waals surface area contributed by atoms with Crippen LogP contribution < -0.4 is 0 Å². The molecule has 2 nitrogen and oxygen atoms in total. The highest BCUT2D eigenvalue weighted by Crippen LogP contribution is 2.38. The van der Waals surface area contributed by atoms with Gasteiger partial charge in [-0.05, 0) is 18.4 Å². The topological polar surface area (TPSA) is 23.5 Å². The molecule has 0 heterocycles. The van der Waals surface area contributed by atoms with E-state index in [1.807, 2.05) is 32.0 Å². The van der Waals surface area contributed by atoms with Gasteiger partial charge in [0.05, 0.1) is 12.6 Å². The van der Waals surface area contributed by atoms with Gasteiger partial charge in [-0.25, -0.2) is 0 Å². The van der Waals surface area contributed by atoms with Gasteiger partial charge in [0.1, 0.15) is 0 Å². The number of rotatable bonds is 6. The Morgan fingerprint density at radius 2 is 1.71 bits per heavy atom. The number of halogens is 3. The van der Waals surface area contributed by atoms with Gasteiger partial charge in [0.15, 0.2) is 0 Å². The number of nitrogens with zero attached hydrogens (tertiary/aromatic N) is 1. The number of benzene rings is 1. The molecular weight excluding hydrogens is 279 g/mol. The van der Waals surface area contributed by atoms with E-state index in [1.54, 1.807) is 12.1 Å². The first-order valence-electron chi connectivity index (χ1n) is 7.23. The number of hydrogen-bond donors (Lipinski definition) is 1. The maximum Gasteiger partial charge on any atom is 0.401 e. The van der Waals surface area contributed by atoms with Gasteiger partial charge in [0.2, 0.25) is 0 Å². The summed E-state index contributed by atoms with van der Waals surface area (Å²) in [5.41, 5.74) is 0.0973. The molecule has 0 aliphatic heterocycles. The first-order chi connectivity index (χ1) is 9.69. The fourth-order valence-electron chi connectivity index (χ4n) is 2.68. The first-order valence-corrected chi connectivity index (χ1v) is 7.23. The first kappa shape index (κ1) is 16.3. The van der Waals surface area contributed by atoms with Crippen molar-refractivity contribution in [2.75, 3.05) is 13.1 Å². The Morgan fingerprint density at radius 3 is 2.19 bits per heavy atom. The van der Waals surface area contributed by atoms with Gasteiger partial charge in [-0.15, -0.1) is 0 Å². The number of aliphatic hydroxyl groups excluding tert-OH is 1. The molecule has 0 radical (unpaired) electrons. The van der Waals surface area contributed by atoms with E-state index in [9.17, 15) is 18.3 Å². The standard InChI is InChI=1S/C16H22F3NO/c1-15(2,14(21)12-6-4-3-5-7-12)10-20(13-8-9-13)11-16(17,18)19/h3-7,13-14,21H,8-11H2,1-2H3. The number of hydrogen-bond acceptors (Lipinski definition) is 2. The molecule has 1 unspecified atom stereocenters. The largest absolute Gasteiger partial charge is 0.401 e. The summed E-state index contributed by atoms with van der Waals surface area (Å²) in [6.45, 7) is 2.96. The van der Waals surface area contributed by atoms with E-state index < -0.39 is 24.2 Å². The van der Waals surface area contributed by atoms with Gasteiger partial charge in [-0.3, -0.25) is 4.90 Å². The van der Waals surface area contributed by atoms with Crippen LogP contribution in [-0.4, -0.2) is 35.3 Å². The monoisotopic (exact) mass is 301 g/mol. The molecule has 1 saturated carbocycles. The lowest BCUT2D eigenvalue weighted by Gasteiger charge is -2.37. The Hall–Kier alpha value is -1.07. The normalized spacial score (nSPS) is 18.0. The fraction of sp³-hybridized carbons (Fsp3) is 0.625. The van der Waals surface area contributed by atoms with Gasteiger partial charge >= 0.3 is 6.18 Å². The highest BCUT2D eigenvalue weighted by molar-refractivity contribution is 5.19. The molecule has 1 aliphatic rings. The third-order valence-corrected chi connectivity index (χ3v) is 3.91. The van der Waals surface area contributed by atoms with Crippen LogP contribution in [-0.2, 0) is 0 Å². The van der Waals surface area contributed by atoms with Crippen LogP contribution in [0.15, 0.2) is 30.3 Å². The molecule has 1 aromatic rings. The van der Waals surface area contributed by atoms with Crippen LogP contribution in [0.1, 0.15) is 38.4 Å². The van der Waals surface area contributed by atoms with Crippen molar-refractivity contribution in [1.29, 1.82) is 0 Å². The molecule has 118 valence electrons. The van der Waals surface area contributed by atoms with Crippen LogP contribution in [0.3, 0.4) is 0 Å². The SMILES string of the molecule is CC(C)(CN(CC(F)(F)F)C1CC1)C(O)c1ccccc1. The van der Waals surface area contributed by atoms with Crippen LogP contribution in [0.2, 0.25) is 0 Å². The molecule has 0 spiro atoms. The summed E-state index contributed by atoms with van der Waals surface area (Å²) in [5.74, 6) is 0. The van der Waals surface area contributed by atoms with Gasteiger partial charge in [0, 0.05) is 18.0 Å². The van der Waals surface area contributed by atoms with Crippen molar-refractivity contribution in [3.05, 3.63) is 35.9 Å². The van der Waals surface area contributed by atoms with Crippen molar-refractivity contribution in [1.82, 2.24) is 4.90 Å². The van der Waals surface area contributed by atoms with Crippen LogP contribution in [0.25, 0.3) is 0 Å². The van der Waals surface area contributed by atoms with Crippen LogP contribution >= 0.6 is 0 Å². The summed E-state index contributed by atoms with van der Waals surface area (Å²) in [6.07, 6.45) is -3.36. The molecule has 1 fully saturated rings. The predicted molar refractivity (Wildman–Crippen MR) is 75.8 cm³/mol. The average Bonchev–Trinajstić information content (AvgIpc) is 3.20. The van der Waals surface area contributed by atoms with Crippen LogP contribution in [0, 0.1) is 5.41 Å². The minimum atomic E-state index is -4.20. The van der Waals surface area contributed by atoms with Crippen molar-refractivity contribution >= 4 is 0 Å². The Morgan fingerprint density at radius 1 is 1.14 bits per heavy atom. The lowest BCUT2D eigenvalue weighted by atomic mass is 9.82. The van der Waals surface area contributed by atoms with Crippen molar-refractivity contribution < 1.29 is 18.3 Å². The molecule has 1 N–H and O–H groups in total. The Balaban J connectivity index is 2.07.